The van der Waals surface area contributed by atoms with Gasteiger partial charge in [-0.05, 0) is 30.7 Å². The first-order valence-electron chi connectivity index (χ1n) is 7.53. The van der Waals surface area contributed by atoms with Crippen LogP contribution in [0.2, 0.25) is 0 Å². The number of rotatable bonds is 4. The van der Waals surface area contributed by atoms with E-state index >= 15 is 0 Å². The maximum atomic E-state index is 13.1. The highest BCUT2D eigenvalue weighted by atomic mass is 19.4. The van der Waals surface area contributed by atoms with Crippen LogP contribution in [0.4, 0.5) is 19.0 Å². The van der Waals surface area contributed by atoms with Crippen LogP contribution in [-0.2, 0) is 6.18 Å². The van der Waals surface area contributed by atoms with Gasteiger partial charge in [0.15, 0.2) is 5.65 Å². The number of aromatic nitrogens is 3. The lowest BCUT2D eigenvalue weighted by molar-refractivity contribution is -0.139. The standard InChI is InChI=1S/C17H15F3N4O/c1-10-23-15-12(6-4-8-21-15)16(24-10)22-9-14(25)11-5-2-3-7-13(11)17(18,19)20/h2-8,14,25H,9H2,1H3,(H,21,22,23,24)/t14-/m1/s1. The molecule has 0 radical (unpaired) electrons. The maximum absolute atomic E-state index is 13.1. The molecule has 0 aliphatic heterocycles. The van der Waals surface area contributed by atoms with Crippen LogP contribution in [0.5, 0.6) is 0 Å². The molecule has 1 atom stereocenters. The Hall–Kier alpha value is -2.74. The second kappa shape index (κ2) is 6.64. The number of alkyl halides is 3. The van der Waals surface area contributed by atoms with Crippen LogP contribution >= 0.6 is 0 Å². The molecular weight excluding hydrogens is 333 g/mol. The number of pyridine rings is 1. The zero-order chi connectivity index (χ0) is 18.0. The van der Waals surface area contributed by atoms with E-state index in [2.05, 4.69) is 20.3 Å². The third-order valence-corrected chi connectivity index (χ3v) is 3.67. The molecule has 0 bridgehead atoms. The van der Waals surface area contributed by atoms with Gasteiger partial charge in [-0.15, -0.1) is 0 Å². The fraction of sp³-hybridized carbons (Fsp3) is 0.235. The van der Waals surface area contributed by atoms with Crippen LogP contribution in [0.15, 0.2) is 42.6 Å². The van der Waals surface area contributed by atoms with Crippen molar-refractivity contribution >= 4 is 16.9 Å². The van der Waals surface area contributed by atoms with Gasteiger partial charge < -0.3 is 10.4 Å². The minimum Gasteiger partial charge on any atom is -0.387 e. The lowest BCUT2D eigenvalue weighted by Crippen LogP contribution is -2.18. The Morgan fingerprint density at radius 1 is 1.12 bits per heavy atom. The Morgan fingerprint density at radius 2 is 1.88 bits per heavy atom. The molecule has 2 aromatic heterocycles. The Morgan fingerprint density at radius 3 is 2.64 bits per heavy atom. The summed E-state index contributed by atoms with van der Waals surface area (Å²) in [6.45, 7) is 1.56. The highest BCUT2D eigenvalue weighted by Crippen LogP contribution is 2.34. The molecule has 0 fully saturated rings. The molecule has 0 saturated carbocycles. The van der Waals surface area contributed by atoms with E-state index in [0.29, 0.717) is 22.7 Å². The highest BCUT2D eigenvalue weighted by molar-refractivity contribution is 5.86. The minimum atomic E-state index is -4.53. The first kappa shape index (κ1) is 17.1. The number of benzene rings is 1. The summed E-state index contributed by atoms with van der Waals surface area (Å²) < 4.78 is 39.2. The Labute approximate surface area is 141 Å². The molecule has 5 nitrogen and oxygen atoms in total. The van der Waals surface area contributed by atoms with Crippen LogP contribution < -0.4 is 5.32 Å². The molecule has 3 rings (SSSR count). The van der Waals surface area contributed by atoms with Crippen molar-refractivity contribution in [2.24, 2.45) is 0 Å². The number of anilines is 1. The molecule has 130 valence electrons. The fourth-order valence-electron chi connectivity index (χ4n) is 2.55. The maximum Gasteiger partial charge on any atom is 0.416 e. The average molecular weight is 348 g/mol. The quantitative estimate of drug-likeness (QED) is 0.755. The third kappa shape index (κ3) is 3.69. The van der Waals surface area contributed by atoms with Crippen LogP contribution in [0, 0.1) is 6.92 Å². The molecule has 2 N–H and O–H groups in total. The first-order valence-corrected chi connectivity index (χ1v) is 7.53. The van der Waals surface area contributed by atoms with Crippen LogP contribution in [0.25, 0.3) is 11.0 Å². The van der Waals surface area contributed by atoms with E-state index in [4.69, 9.17) is 0 Å². The predicted octanol–water partition coefficient (Wildman–Crippen LogP) is 3.50. The number of aliphatic hydroxyl groups excluding tert-OH is 1. The largest absolute Gasteiger partial charge is 0.416 e. The summed E-state index contributed by atoms with van der Waals surface area (Å²) in [6, 6.07) is 8.43. The number of nitrogens with zero attached hydrogens (tertiary/aromatic N) is 3. The number of fused-ring (bicyclic) bond motifs is 1. The second-order valence-corrected chi connectivity index (χ2v) is 5.48. The topological polar surface area (TPSA) is 70.9 Å². The molecule has 25 heavy (non-hydrogen) atoms. The number of nitrogens with one attached hydrogen (secondary N) is 1. The molecule has 8 heteroatoms. The van der Waals surface area contributed by atoms with Gasteiger partial charge in [0.05, 0.1) is 17.1 Å². The molecule has 0 spiro atoms. The second-order valence-electron chi connectivity index (χ2n) is 5.48. The molecule has 0 aliphatic rings. The van der Waals surface area contributed by atoms with E-state index < -0.39 is 17.8 Å². The summed E-state index contributed by atoms with van der Waals surface area (Å²) >= 11 is 0. The van der Waals surface area contributed by atoms with E-state index in [1.54, 1.807) is 25.3 Å². The average Bonchev–Trinajstić information content (AvgIpc) is 2.58. The zero-order valence-electron chi connectivity index (χ0n) is 13.2. The van der Waals surface area contributed by atoms with Gasteiger partial charge in [0.1, 0.15) is 11.6 Å². The number of hydrogen-bond acceptors (Lipinski definition) is 5. The summed E-state index contributed by atoms with van der Waals surface area (Å²) in [6.07, 6.45) is -4.29. The lowest BCUT2D eigenvalue weighted by Gasteiger charge is -2.18. The summed E-state index contributed by atoms with van der Waals surface area (Å²) in [5.74, 6) is 0.887. The summed E-state index contributed by atoms with van der Waals surface area (Å²) in [5, 5.41) is 13.8. The number of aryl methyl sites for hydroxylation is 1. The van der Waals surface area contributed by atoms with Gasteiger partial charge in [-0.3, -0.25) is 0 Å². The predicted molar refractivity (Wildman–Crippen MR) is 87.0 cm³/mol. The van der Waals surface area contributed by atoms with Gasteiger partial charge in [-0.25, -0.2) is 15.0 Å². The van der Waals surface area contributed by atoms with Gasteiger partial charge in [0.25, 0.3) is 0 Å². The zero-order valence-corrected chi connectivity index (χ0v) is 13.2. The van der Waals surface area contributed by atoms with E-state index in [9.17, 15) is 18.3 Å². The Balaban J connectivity index is 1.86. The van der Waals surface area contributed by atoms with Crippen molar-refractivity contribution in [3.05, 3.63) is 59.5 Å². The first-order chi connectivity index (χ1) is 11.9. The van der Waals surface area contributed by atoms with Crippen LogP contribution in [0.1, 0.15) is 23.1 Å². The highest BCUT2D eigenvalue weighted by Gasteiger charge is 2.34. The normalized spacial score (nSPS) is 13.0. The van der Waals surface area contributed by atoms with E-state index in [0.717, 1.165) is 6.07 Å². The third-order valence-electron chi connectivity index (χ3n) is 3.67. The van der Waals surface area contributed by atoms with Crippen LogP contribution in [-0.4, -0.2) is 26.6 Å². The van der Waals surface area contributed by atoms with E-state index in [-0.39, 0.29) is 12.1 Å². The molecular formula is C17H15F3N4O. The Kier molecular flexibility index (Phi) is 4.54. The minimum absolute atomic E-state index is 0.131. The Bertz CT molecular complexity index is 898. The molecule has 0 saturated heterocycles. The lowest BCUT2D eigenvalue weighted by atomic mass is 10.0. The SMILES string of the molecule is Cc1nc(NC[C@@H](O)c2ccccc2C(F)(F)F)c2cccnc2n1. The smallest absolute Gasteiger partial charge is 0.387 e. The number of hydrogen-bond donors (Lipinski definition) is 2. The number of aliphatic hydroxyl groups is 1. The summed E-state index contributed by atoms with van der Waals surface area (Å²) in [7, 11) is 0. The van der Waals surface area contributed by atoms with E-state index in [1.807, 2.05) is 0 Å². The molecule has 0 unspecified atom stereocenters. The summed E-state index contributed by atoms with van der Waals surface area (Å²) in [4.78, 5) is 12.6. The molecule has 1 aromatic carbocycles. The molecule has 0 amide bonds. The molecule has 0 aliphatic carbocycles. The molecule has 2 heterocycles. The van der Waals surface area contributed by atoms with Crippen molar-refractivity contribution in [2.75, 3.05) is 11.9 Å². The van der Waals surface area contributed by atoms with Crippen molar-refractivity contribution in [1.29, 1.82) is 0 Å². The van der Waals surface area contributed by atoms with E-state index in [1.165, 1.54) is 18.2 Å². The van der Waals surface area contributed by atoms with Gasteiger partial charge in [-0.1, -0.05) is 18.2 Å². The van der Waals surface area contributed by atoms with Crippen molar-refractivity contribution in [2.45, 2.75) is 19.2 Å². The van der Waals surface area contributed by atoms with Gasteiger partial charge in [-0.2, -0.15) is 13.2 Å². The van der Waals surface area contributed by atoms with Gasteiger partial charge >= 0.3 is 6.18 Å². The van der Waals surface area contributed by atoms with Crippen molar-refractivity contribution in [3.8, 4) is 0 Å². The monoisotopic (exact) mass is 348 g/mol. The van der Waals surface area contributed by atoms with Gasteiger partial charge in [0, 0.05) is 12.7 Å². The van der Waals surface area contributed by atoms with Gasteiger partial charge in [0.2, 0.25) is 0 Å². The van der Waals surface area contributed by atoms with Crippen LogP contribution in [0.3, 0.4) is 0 Å². The fourth-order valence-corrected chi connectivity index (χ4v) is 2.55. The van der Waals surface area contributed by atoms with Crippen molar-refractivity contribution in [3.63, 3.8) is 0 Å². The van der Waals surface area contributed by atoms with Crippen molar-refractivity contribution in [1.82, 2.24) is 15.0 Å². The molecule has 3 aromatic rings. The van der Waals surface area contributed by atoms with Crippen molar-refractivity contribution < 1.29 is 18.3 Å². The summed E-state index contributed by atoms with van der Waals surface area (Å²) in [5.41, 5.74) is -0.562. The number of halogens is 3.